The van der Waals surface area contributed by atoms with Crippen LogP contribution in [-0.4, -0.2) is 31.6 Å². The first kappa shape index (κ1) is 14.7. The zero-order chi connectivity index (χ0) is 16.2. The fourth-order valence-corrected chi connectivity index (χ4v) is 2.08. The lowest BCUT2D eigenvalue weighted by Crippen LogP contribution is -2.00. The van der Waals surface area contributed by atoms with E-state index in [4.69, 9.17) is 4.74 Å². The summed E-state index contributed by atoms with van der Waals surface area (Å²) in [5.41, 5.74) is 2.51. The van der Waals surface area contributed by atoms with Gasteiger partial charge in [-0.25, -0.2) is 4.98 Å². The van der Waals surface area contributed by atoms with Gasteiger partial charge in [-0.15, -0.1) is 0 Å². The molecule has 0 saturated heterocycles. The largest absolute Gasteiger partial charge is 0.480 e. The fourth-order valence-electron chi connectivity index (χ4n) is 2.08. The summed E-state index contributed by atoms with van der Waals surface area (Å²) in [6.07, 6.45) is 6.79. The molecule has 0 fully saturated rings. The summed E-state index contributed by atoms with van der Waals surface area (Å²) in [5.74, 6) is 8.02. The van der Waals surface area contributed by atoms with Gasteiger partial charge in [-0.05, 0) is 31.9 Å². The third-order valence-corrected chi connectivity index (χ3v) is 3.17. The summed E-state index contributed by atoms with van der Waals surface area (Å²) in [6, 6.07) is 3.81. The Labute approximate surface area is 134 Å². The Morgan fingerprint density at radius 3 is 2.78 bits per heavy atom. The number of methoxy groups -OCH3 is 1. The van der Waals surface area contributed by atoms with Crippen molar-refractivity contribution in [1.82, 2.24) is 24.5 Å². The molecule has 0 aliphatic carbocycles. The molecule has 0 spiro atoms. The summed E-state index contributed by atoms with van der Waals surface area (Å²) >= 11 is 0. The number of aryl methyl sites for hydroxylation is 2. The SMILES string of the molecule is COc1cncc(-n2cc(C#Cc3ccnc(C)c3)nc2C)n1. The van der Waals surface area contributed by atoms with Gasteiger partial charge in [0.05, 0.1) is 19.5 Å². The minimum absolute atomic E-state index is 0.454. The van der Waals surface area contributed by atoms with Gasteiger partial charge in [-0.1, -0.05) is 5.92 Å². The van der Waals surface area contributed by atoms with Crippen molar-refractivity contribution in [3.63, 3.8) is 0 Å². The van der Waals surface area contributed by atoms with Gasteiger partial charge in [0, 0.05) is 23.7 Å². The second-order valence-corrected chi connectivity index (χ2v) is 4.90. The van der Waals surface area contributed by atoms with Gasteiger partial charge >= 0.3 is 0 Å². The van der Waals surface area contributed by atoms with E-state index >= 15 is 0 Å². The molecule has 114 valence electrons. The predicted octanol–water partition coefficient (Wildman–Crippen LogP) is 2.08. The highest BCUT2D eigenvalue weighted by atomic mass is 16.5. The molecule has 6 heteroatoms. The lowest BCUT2D eigenvalue weighted by molar-refractivity contribution is 0.395. The highest BCUT2D eigenvalue weighted by molar-refractivity contribution is 5.41. The van der Waals surface area contributed by atoms with Crippen LogP contribution in [0.5, 0.6) is 5.88 Å². The van der Waals surface area contributed by atoms with Crippen molar-refractivity contribution in [2.75, 3.05) is 7.11 Å². The van der Waals surface area contributed by atoms with Crippen LogP contribution in [0.2, 0.25) is 0 Å². The van der Waals surface area contributed by atoms with E-state index in [2.05, 4.69) is 31.8 Å². The van der Waals surface area contributed by atoms with Gasteiger partial charge < -0.3 is 4.74 Å². The van der Waals surface area contributed by atoms with Gasteiger partial charge in [-0.3, -0.25) is 14.5 Å². The number of rotatable bonds is 2. The molecule has 0 amide bonds. The maximum atomic E-state index is 5.10. The van der Waals surface area contributed by atoms with E-state index in [9.17, 15) is 0 Å². The molecule has 0 aliphatic heterocycles. The number of hydrogen-bond acceptors (Lipinski definition) is 5. The van der Waals surface area contributed by atoms with E-state index in [0.717, 1.165) is 17.1 Å². The lowest BCUT2D eigenvalue weighted by Gasteiger charge is -2.04. The lowest BCUT2D eigenvalue weighted by atomic mass is 10.2. The van der Waals surface area contributed by atoms with Crippen LogP contribution in [0.15, 0.2) is 36.9 Å². The van der Waals surface area contributed by atoms with Gasteiger partial charge in [0.1, 0.15) is 11.5 Å². The Morgan fingerprint density at radius 2 is 2.00 bits per heavy atom. The first-order valence-corrected chi connectivity index (χ1v) is 7.03. The van der Waals surface area contributed by atoms with Crippen LogP contribution in [0, 0.1) is 25.7 Å². The van der Waals surface area contributed by atoms with E-state index < -0.39 is 0 Å². The molecule has 3 aromatic heterocycles. The van der Waals surface area contributed by atoms with E-state index in [-0.39, 0.29) is 0 Å². The summed E-state index contributed by atoms with van der Waals surface area (Å²) < 4.78 is 6.93. The molecule has 3 aromatic rings. The Morgan fingerprint density at radius 1 is 1.13 bits per heavy atom. The highest BCUT2D eigenvalue weighted by Crippen LogP contribution is 2.12. The van der Waals surface area contributed by atoms with Crippen LogP contribution in [-0.2, 0) is 0 Å². The highest BCUT2D eigenvalue weighted by Gasteiger charge is 2.07. The first-order valence-electron chi connectivity index (χ1n) is 7.03. The zero-order valence-corrected chi connectivity index (χ0v) is 13.1. The number of aromatic nitrogens is 5. The molecule has 0 unspecified atom stereocenters. The van der Waals surface area contributed by atoms with Crippen LogP contribution in [0.1, 0.15) is 22.8 Å². The van der Waals surface area contributed by atoms with E-state index in [1.165, 1.54) is 0 Å². The molecule has 0 N–H and O–H groups in total. The molecule has 3 rings (SSSR count). The van der Waals surface area contributed by atoms with Crippen molar-refractivity contribution in [3.05, 3.63) is 59.7 Å². The quantitative estimate of drug-likeness (QED) is 0.678. The van der Waals surface area contributed by atoms with Crippen molar-refractivity contribution in [3.8, 4) is 23.5 Å². The zero-order valence-electron chi connectivity index (χ0n) is 13.1. The summed E-state index contributed by atoms with van der Waals surface area (Å²) in [7, 11) is 1.56. The number of ether oxygens (including phenoxy) is 1. The number of pyridine rings is 1. The van der Waals surface area contributed by atoms with Crippen molar-refractivity contribution >= 4 is 0 Å². The Bertz CT molecular complexity index is 905. The predicted molar refractivity (Wildman–Crippen MR) is 85.4 cm³/mol. The molecule has 0 bridgehead atoms. The average Bonchev–Trinajstić information content (AvgIpc) is 2.94. The van der Waals surface area contributed by atoms with Crippen molar-refractivity contribution in [1.29, 1.82) is 0 Å². The van der Waals surface area contributed by atoms with E-state index in [1.54, 1.807) is 25.7 Å². The van der Waals surface area contributed by atoms with Crippen molar-refractivity contribution in [2.24, 2.45) is 0 Å². The normalized spacial score (nSPS) is 10.0. The average molecular weight is 305 g/mol. The Balaban J connectivity index is 1.92. The van der Waals surface area contributed by atoms with E-state index in [0.29, 0.717) is 17.4 Å². The third kappa shape index (κ3) is 3.35. The number of imidazole rings is 1. The molecule has 0 aromatic carbocycles. The maximum Gasteiger partial charge on any atom is 0.234 e. The molecule has 0 saturated carbocycles. The first-order chi connectivity index (χ1) is 11.2. The van der Waals surface area contributed by atoms with Crippen LogP contribution in [0.4, 0.5) is 0 Å². The second-order valence-electron chi connectivity index (χ2n) is 4.90. The van der Waals surface area contributed by atoms with Crippen LogP contribution in [0.25, 0.3) is 5.82 Å². The maximum absolute atomic E-state index is 5.10. The fraction of sp³-hybridized carbons (Fsp3) is 0.176. The van der Waals surface area contributed by atoms with Gasteiger partial charge in [0.25, 0.3) is 0 Å². The number of nitrogens with zero attached hydrogens (tertiary/aromatic N) is 5. The monoisotopic (exact) mass is 305 g/mol. The number of hydrogen-bond donors (Lipinski definition) is 0. The summed E-state index contributed by atoms with van der Waals surface area (Å²) in [5, 5.41) is 0. The molecule has 0 aliphatic rings. The van der Waals surface area contributed by atoms with Crippen LogP contribution < -0.4 is 4.74 Å². The molecular weight excluding hydrogens is 290 g/mol. The second kappa shape index (κ2) is 6.28. The smallest absolute Gasteiger partial charge is 0.234 e. The molecule has 23 heavy (non-hydrogen) atoms. The Kier molecular flexibility index (Phi) is 4.02. The van der Waals surface area contributed by atoms with Crippen molar-refractivity contribution < 1.29 is 4.74 Å². The molecule has 0 radical (unpaired) electrons. The summed E-state index contributed by atoms with van der Waals surface area (Å²) in [6.45, 7) is 3.83. The molecule has 0 atom stereocenters. The van der Waals surface area contributed by atoms with Crippen molar-refractivity contribution in [2.45, 2.75) is 13.8 Å². The van der Waals surface area contributed by atoms with Gasteiger partial charge in [0.15, 0.2) is 5.82 Å². The van der Waals surface area contributed by atoms with Gasteiger partial charge in [-0.2, -0.15) is 4.98 Å². The van der Waals surface area contributed by atoms with Crippen LogP contribution >= 0.6 is 0 Å². The third-order valence-electron chi connectivity index (χ3n) is 3.17. The summed E-state index contributed by atoms with van der Waals surface area (Å²) in [4.78, 5) is 17.1. The molecule has 3 heterocycles. The Hall–Kier alpha value is -3.20. The minimum Gasteiger partial charge on any atom is -0.480 e. The van der Waals surface area contributed by atoms with Gasteiger partial charge in [0.2, 0.25) is 5.88 Å². The standard InChI is InChI=1S/C17H15N5O/c1-12-8-14(6-7-19-12)4-5-15-11-22(13(2)20-15)16-9-18-10-17(21-16)23-3/h6-11H,1-3H3. The minimum atomic E-state index is 0.454. The topological polar surface area (TPSA) is 65.7 Å². The molecule has 6 nitrogen and oxygen atoms in total. The van der Waals surface area contributed by atoms with E-state index in [1.807, 2.05) is 36.7 Å². The molecular formula is C17H15N5O. The van der Waals surface area contributed by atoms with Crippen LogP contribution in [0.3, 0.4) is 0 Å².